The van der Waals surface area contributed by atoms with Gasteiger partial charge in [-0.15, -0.1) is 0 Å². The number of carbonyl (C=O) groups is 4. The number of benzene rings is 1. The number of hydrogen-bond acceptors (Lipinski definition) is 4. The fourth-order valence-corrected chi connectivity index (χ4v) is 4.78. The Bertz CT molecular complexity index is 948. The van der Waals surface area contributed by atoms with Crippen molar-refractivity contribution in [2.24, 2.45) is 5.92 Å². The van der Waals surface area contributed by atoms with Crippen LogP contribution in [0.4, 0.5) is 19.3 Å². The van der Waals surface area contributed by atoms with Gasteiger partial charge in [0.2, 0.25) is 11.8 Å². The second-order valence-corrected chi connectivity index (χ2v) is 8.68. The van der Waals surface area contributed by atoms with Crippen LogP contribution in [-0.4, -0.2) is 53.8 Å². The SMILES string of the molecule is O=C(NCCCN1C(=O)NC2(CCCCC2)C1=O)[C@@H]1CC(=O)N(c2ccc(F)cc2F)C1. The standard InChI is InChI=1S/C22H26F2N4O4/c23-15-5-6-17(16(24)12-15)28-13-14(11-18(28)29)19(30)25-9-4-10-27-20(31)22(26-21(27)32)7-2-1-3-8-22/h5-6,12,14H,1-4,7-11,13H2,(H,25,30)(H,26,32)/t14-/m1/s1. The van der Waals surface area contributed by atoms with Gasteiger partial charge in [-0.3, -0.25) is 19.3 Å². The smallest absolute Gasteiger partial charge is 0.325 e. The zero-order chi connectivity index (χ0) is 22.9. The molecule has 2 N–H and O–H groups in total. The lowest BCUT2D eigenvalue weighted by Gasteiger charge is -2.30. The summed E-state index contributed by atoms with van der Waals surface area (Å²) in [6.07, 6.45) is 4.52. The highest BCUT2D eigenvalue weighted by Crippen LogP contribution is 2.33. The van der Waals surface area contributed by atoms with Gasteiger partial charge in [0.1, 0.15) is 17.2 Å². The van der Waals surface area contributed by atoms with Gasteiger partial charge in [0, 0.05) is 32.1 Å². The minimum absolute atomic E-state index is 0.00273. The molecule has 1 aromatic carbocycles. The van der Waals surface area contributed by atoms with Gasteiger partial charge >= 0.3 is 6.03 Å². The molecule has 3 fully saturated rings. The molecule has 0 unspecified atom stereocenters. The fourth-order valence-electron chi connectivity index (χ4n) is 4.78. The predicted molar refractivity (Wildman–Crippen MR) is 111 cm³/mol. The molecule has 2 heterocycles. The summed E-state index contributed by atoms with van der Waals surface area (Å²) in [4.78, 5) is 52.1. The summed E-state index contributed by atoms with van der Waals surface area (Å²) in [5, 5.41) is 5.57. The number of halogens is 2. The predicted octanol–water partition coefficient (Wildman–Crippen LogP) is 2.08. The highest BCUT2D eigenvalue weighted by atomic mass is 19.1. The van der Waals surface area contributed by atoms with E-state index in [1.807, 2.05) is 0 Å². The molecule has 10 heteroatoms. The van der Waals surface area contributed by atoms with Gasteiger partial charge in [-0.05, 0) is 31.4 Å². The van der Waals surface area contributed by atoms with E-state index in [9.17, 15) is 28.0 Å². The summed E-state index contributed by atoms with van der Waals surface area (Å²) in [7, 11) is 0. The molecular formula is C22H26F2N4O4. The Morgan fingerprint density at radius 3 is 2.62 bits per heavy atom. The fraction of sp³-hybridized carbons (Fsp3) is 0.545. The maximum atomic E-state index is 14.0. The Hall–Kier alpha value is -3.04. The molecule has 4 rings (SSSR count). The molecule has 1 aliphatic carbocycles. The van der Waals surface area contributed by atoms with Crippen LogP contribution in [0.5, 0.6) is 0 Å². The van der Waals surface area contributed by atoms with Crippen molar-refractivity contribution >= 4 is 29.4 Å². The van der Waals surface area contributed by atoms with Gasteiger partial charge in [-0.25, -0.2) is 13.6 Å². The zero-order valence-corrected chi connectivity index (χ0v) is 17.7. The van der Waals surface area contributed by atoms with E-state index in [1.165, 1.54) is 11.0 Å². The maximum Gasteiger partial charge on any atom is 0.325 e. The topological polar surface area (TPSA) is 98.8 Å². The first-order valence-corrected chi connectivity index (χ1v) is 11.0. The third-order valence-corrected chi connectivity index (χ3v) is 6.51. The van der Waals surface area contributed by atoms with E-state index in [0.29, 0.717) is 25.3 Å². The van der Waals surface area contributed by atoms with Crippen molar-refractivity contribution in [1.29, 1.82) is 0 Å². The Balaban J connectivity index is 1.25. The van der Waals surface area contributed by atoms with Gasteiger partial charge in [0.05, 0.1) is 11.6 Å². The van der Waals surface area contributed by atoms with E-state index in [-0.39, 0.29) is 49.6 Å². The molecule has 2 aliphatic heterocycles. The number of nitrogens with zero attached hydrogens (tertiary/aromatic N) is 2. The molecular weight excluding hydrogens is 422 g/mol. The number of amides is 5. The molecule has 172 valence electrons. The van der Waals surface area contributed by atoms with Gasteiger partial charge in [0.15, 0.2) is 0 Å². The van der Waals surface area contributed by atoms with Crippen LogP contribution in [0.2, 0.25) is 0 Å². The Labute approximate surface area is 184 Å². The van der Waals surface area contributed by atoms with Crippen molar-refractivity contribution in [3.8, 4) is 0 Å². The van der Waals surface area contributed by atoms with Crippen LogP contribution in [0.15, 0.2) is 18.2 Å². The summed E-state index contributed by atoms with van der Waals surface area (Å²) < 4.78 is 27.1. The molecule has 3 aliphatic rings. The molecule has 0 aromatic heterocycles. The first-order chi connectivity index (χ1) is 15.3. The van der Waals surface area contributed by atoms with Crippen molar-refractivity contribution in [1.82, 2.24) is 15.5 Å². The lowest BCUT2D eigenvalue weighted by molar-refractivity contribution is -0.132. The molecule has 8 nitrogen and oxygen atoms in total. The molecule has 5 amide bonds. The van der Waals surface area contributed by atoms with Gasteiger partial charge in [0.25, 0.3) is 5.91 Å². The largest absolute Gasteiger partial charge is 0.356 e. The van der Waals surface area contributed by atoms with E-state index >= 15 is 0 Å². The van der Waals surface area contributed by atoms with E-state index in [2.05, 4.69) is 10.6 Å². The third-order valence-electron chi connectivity index (χ3n) is 6.51. The first-order valence-electron chi connectivity index (χ1n) is 11.0. The van der Waals surface area contributed by atoms with Crippen LogP contribution < -0.4 is 15.5 Å². The lowest BCUT2D eigenvalue weighted by Crippen LogP contribution is -2.48. The second-order valence-electron chi connectivity index (χ2n) is 8.68. The monoisotopic (exact) mass is 448 g/mol. The van der Waals surface area contributed by atoms with Crippen LogP contribution in [0.25, 0.3) is 0 Å². The highest BCUT2D eigenvalue weighted by Gasteiger charge is 2.50. The second kappa shape index (κ2) is 8.84. The summed E-state index contributed by atoms with van der Waals surface area (Å²) in [6.45, 7) is 0.435. The molecule has 0 bridgehead atoms. The summed E-state index contributed by atoms with van der Waals surface area (Å²) in [6, 6.07) is 2.55. The van der Waals surface area contributed by atoms with Gasteiger partial charge in [-0.2, -0.15) is 0 Å². The number of anilines is 1. The molecule has 1 saturated carbocycles. The average Bonchev–Trinajstić information content (AvgIpc) is 3.24. The Morgan fingerprint density at radius 1 is 1.16 bits per heavy atom. The number of rotatable bonds is 6. The van der Waals surface area contributed by atoms with Crippen molar-refractivity contribution in [2.45, 2.75) is 50.5 Å². The van der Waals surface area contributed by atoms with E-state index in [1.54, 1.807) is 0 Å². The van der Waals surface area contributed by atoms with E-state index < -0.39 is 29.0 Å². The Kier molecular flexibility index (Phi) is 6.12. The van der Waals surface area contributed by atoms with Crippen LogP contribution in [0.3, 0.4) is 0 Å². The van der Waals surface area contributed by atoms with Crippen molar-refractivity contribution in [3.05, 3.63) is 29.8 Å². The minimum atomic E-state index is -0.858. The Morgan fingerprint density at radius 2 is 1.91 bits per heavy atom. The number of hydrogen-bond donors (Lipinski definition) is 2. The molecule has 2 saturated heterocycles. The van der Waals surface area contributed by atoms with Gasteiger partial charge < -0.3 is 15.5 Å². The average molecular weight is 448 g/mol. The summed E-state index contributed by atoms with van der Waals surface area (Å²) in [5.74, 6) is -3.21. The molecule has 1 aromatic rings. The summed E-state index contributed by atoms with van der Waals surface area (Å²) >= 11 is 0. The molecule has 32 heavy (non-hydrogen) atoms. The third kappa shape index (κ3) is 4.18. The number of carbonyl (C=O) groups excluding carboxylic acids is 4. The zero-order valence-electron chi connectivity index (χ0n) is 17.7. The molecule has 0 radical (unpaired) electrons. The van der Waals surface area contributed by atoms with Crippen molar-refractivity contribution in [2.75, 3.05) is 24.5 Å². The number of nitrogens with one attached hydrogen (secondary N) is 2. The summed E-state index contributed by atoms with van der Waals surface area (Å²) in [5.41, 5.74) is -0.816. The first kappa shape index (κ1) is 22.2. The quantitative estimate of drug-likeness (QED) is 0.514. The van der Waals surface area contributed by atoms with Crippen LogP contribution in [0, 0.1) is 17.6 Å². The normalized spacial score (nSPS) is 22.6. The maximum absolute atomic E-state index is 14.0. The minimum Gasteiger partial charge on any atom is -0.356 e. The molecule has 1 atom stereocenters. The van der Waals surface area contributed by atoms with Gasteiger partial charge in [-0.1, -0.05) is 19.3 Å². The highest BCUT2D eigenvalue weighted by molar-refractivity contribution is 6.07. The van der Waals surface area contributed by atoms with E-state index in [4.69, 9.17) is 0 Å². The van der Waals surface area contributed by atoms with Crippen LogP contribution in [-0.2, 0) is 14.4 Å². The molecule has 1 spiro atoms. The number of imide groups is 1. The van der Waals surface area contributed by atoms with Crippen molar-refractivity contribution < 1.29 is 28.0 Å². The van der Waals surface area contributed by atoms with Crippen LogP contribution >= 0.6 is 0 Å². The lowest BCUT2D eigenvalue weighted by atomic mass is 9.82. The van der Waals surface area contributed by atoms with Crippen LogP contribution in [0.1, 0.15) is 44.9 Å². The number of urea groups is 1. The van der Waals surface area contributed by atoms with E-state index in [0.717, 1.165) is 30.2 Å². The van der Waals surface area contributed by atoms with Crippen molar-refractivity contribution in [3.63, 3.8) is 0 Å².